The molecule has 2 heterocycles. The van der Waals surface area contributed by atoms with Crippen LogP contribution >= 0.6 is 11.8 Å². The number of H-pyrrole nitrogens is 1. The summed E-state index contributed by atoms with van der Waals surface area (Å²) in [5.74, 6) is -0.00319. The highest BCUT2D eigenvalue weighted by molar-refractivity contribution is 7.99. The van der Waals surface area contributed by atoms with Crippen molar-refractivity contribution < 1.29 is 4.79 Å². The van der Waals surface area contributed by atoms with E-state index in [1.54, 1.807) is 6.07 Å². The first-order valence-corrected chi connectivity index (χ1v) is 12.1. The Kier molecular flexibility index (Phi) is 7.24. The number of rotatable bonds is 9. The highest BCUT2D eigenvalue weighted by atomic mass is 32.2. The molecular weight excluding hydrogens is 434 g/mol. The molecule has 4 rings (SSSR count). The molecule has 7 nitrogen and oxygen atoms in total. The third kappa shape index (κ3) is 5.51. The lowest BCUT2D eigenvalue weighted by atomic mass is 10.1. The molecular formula is C25H27N5O2S. The van der Waals surface area contributed by atoms with Gasteiger partial charge in [-0.15, -0.1) is 5.10 Å². The average Bonchev–Trinajstić information content (AvgIpc) is 3.30. The van der Waals surface area contributed by atoms with Gasteiger partial charge in [-0.2, -0.15) is 5.10 Å². The molecule has 33 heavy (non-hydrogen) atoms. The minimum absolute atomic E-state index is 0.145. The molecule has 2 N–H and O–H groups in total. The van der Waals surface area contributed by atoms with Crippen LogP contribution in [0.4, 0.5) is 5.69 Å². The van der Waals surface area contributed by atoms with Gasteiger partial charge in [0, 0.05) is 11.3 Å². The standard InChI is InChI=1S/C25H27N5O2S/c1-3-5-6-18-9-13-20(14-10-18)26-23(31)16-33-25-28-27-24(32)22-15-21(29-30(22)25)19-11-7-17(4-2)8-12-19/h7-15H,3-6,16H2,1-2H3,(H,26,31)(H,27,32). The number of hydrogen-bond donors (Lipinski definition) is 2. The van der Waals surface area contributed by atoms with Crippen LogP contribution in [-0.2, 0) is 17.6 Å². The van der Waals surface area contributed by atoms with Crippen LogP contribution in [0.15, 0.2) is 64.5 Å². The largest absolute Gasteiger partial charge is 0.325 e. The van der Waals surface area contributed by atoms with Gasteiger partial charge in [0.2, 0.25) is 11.1 Å². The first-order chi connectivity index (χ1) is 16.1. The second-order valence-electron chi connectivity index (χ2n) is 7.85. The molecule has 8 heteroatoms. The van der Waals surface area contributed by atoms with E-state index in [-0.39, 0.29) is 17.2 Å². The van der Waals surface area contributed by atoms with Crippen molar-refractivity contribution >= 4 is 28.9 Å². The predicted molar refractivity (Wildman–Crippen MR) is 133 cm³/mol. The van der Waals surface area contributed by atoms with Crippen molar-refractivity contribution in [3.63, 3.8) is 0 Å². The molecule has 0 radical (unpaired) electrons. The van der Waals surface area contributed by atoms with E-state index in [0.717, 1.165) is 36.9 Å². The molecule has 2 aromatic carbocycles. The first-order valence-electron chi connectivity index (χ1n) is 11.2. The maximum absolute atomic E-state index is 12.5. The van der Waals surface area contributed by atoms with E-state index in [4.69, 9.17) is 0 Å². The van der Waals surface area contributed by atoms with E-state index in [0.29, 0.717) is 16.4 Å². The zero-order valence-corrected chi connectivity index (χ0v) is 19.6. The number of carbonyl (C=O) groups is 1. The number of fused-ring (bicyclic) bond motifs is 1. The van der Waals surface area contributed by atoms with E-state index in [1.807, 2.05) is 36.4 Å². The highest BCUT2D eigenvalue weighted by Gasteiger charge is 2.14. The van der Waals surface area contributed by atoms with Gasteiger partial charge in [-0.3, -0.25) is 9.59 Å². The van der Waals surface area contributed by atoms with Crippen LogP contribution in [-0.4, -0.2) is 31.5 Å². The third-order valence-corrected chi connectivity index (χ3v) is 6.35. The number of hydrogen-bond acceptors (Lipinski definition) is 5. The molecule has 4 aromatic rings. The Balaban J connectivity index is 1.45. The summed E-state index contributed by atoms with van der Waals surface area (Å²) >= 11 is 1.22. The summed E-state index contributed by atoms with van der Waals surface area (Å²) in [6.07, 6.45) is 4.32. The Labute approximate surface area is 196 Å². The zero-order valence-electron chi connectivity index (χ0n) is 18.8. The van der Waals surface area contributed by atoms with Crippen molar-refractivity contribution in [3.05, 3.63) is 76.1 Å². The Bertz CT molecular complexity index is 1290. The van der Waals surface area contributed by atoms with Gasteiger partial charge in [-0.1, -0.05) is 68.4 Å². The van der Waals surface area contributed by atoms with Gasteiger partial charge >= 0.3 is 0 Å². The predicted octanol–water partition coefficient (Wildman–Crippen LogP) is 4.72. The highest BCUT2D eigenvalue weighted by Crippen LogP contribution is 2.22. The van der Waals surface area contributed by atoms with E-state index >= 15 is 0 Å². The topological polar surface area (TPSA) is 92.1 Å². The molecule has 0 fully saturated rings. The monoisotopic (exact) mass is 461 g/mol. The number of nitrogens with zero attached hydrogens (tertiary/aromatic N) is 3. The first kappa shape index (κ1) is 22.8. The number of benzene rings is 2. The molecule has 0 saturated heterocycles. The number of carbonyl (C=O) groups excluding carboxylic acids is 1. The van der Waals surface area contributed by atoms with Crippen molar-refractivity contribution in [3.8, 4) is 11.3 Å². The van der Waals surface area contributed by atoms with Gasteiger partial charge in [0.25, 0.3) is 5.56 Å². The minimum atomic E-state index is -0.323. The summed E-state index contributed by atoms with van der Waals surface area (Å²) in [4.78, 5) is 24.8. The zero-order chi connectivity index (χ0) is 23.2. The van der Waals surface area contributed by atoms with Crippen LogP contribution in [0.5, 0.6) is 0 Å². The Morgan fingerprint density at radius 2 is 1.79 bits per heavy atom. The van der Waals surface area contributed by atoms with Crippen LogP contribution in [0.2, 0.25) is 0 Å². The normalized spacial score (nSPS) is 11.1. The summed E-state index contributed by atoms with van der Waals surface area (Å²) in [6, 6.07) is 17.8. The lowest BCUT2D eigenvalue weighted by molar-refractivity contribution is -0.113. The van der Waals surface area contributed by atoms with Gasteiger partial charge < -0.3 is 5.32 Å². The van der Waals surface area contributed by atoms with Crippen LogP contribution in [0.25, 0.3) is 16.8 Å². The number of aromatic nitrogens is 4. The van der Waals surface area contributed by atoms with Gasteiger partial charge in [-0.05, 0) is 48.6 Å². The summed E-state index contributed by atoms with van der Waals surface area (Å²) in [5, 5.41) is 14.5. The molecule has 2 aromatic heterocycles. The summed E-state index contributed by atoms with van der Waals surface area (Å²) < 4.78 is 1.50. The minimum Gasteiger partial charge on any atom is -0.325 e. The third-order valence-electron chi connectivity index (χ3n) is 5.42. The molecule has 0 saturated carbocycles. The molecule has 170 valence electrons. The number of nitrogens with one attached hydrogen (secondary N) is 2. The van der Waals surface area contributed by atoms with Crippen LogP contribution in [0.1, 0.15) is 37.8 Å². The lowest BCUT2D eigenvalue weighted by Crippen LogP contribution is -2.17. The van der Waals surface area contributed by atoms with Crippen molar-refractivity contribution in [2.24, 2.45) is 0 Å². The molecule has 0 atom stereocenters. The summed E-state index contributed by atoms with van der Waals surface area (Å²) in [5.41, 5.74) is 4.94. The molecule has 0 unspecified atom stereocenters. The molecule has 0 spiro atoms. The van der Waals surface area contributed by atoms with Crippen LogP contribution in [0.3, 0.4) is 0 Å². The second-order valence-corrected chi connectivity index (χ2v) is 8.79. The van der Waals surface area contributed by atoms with Gasteiger partial charge in [0.15, 0.2) is 0 Å². The average molecular weight is 462 g/mol. The molecule has 0 aliphatic rings. The van der Waals surface area contributed by atoms with Crippen molar-refractivity contribution in [1.29, 1.82) is 0 Å². The lowest BCUT2D eigenvalue weighted by Gasteiger charge is -2.07. The molecule has 0 aliphatic heterocycles. The number of unbranched alkanes of at least 4 members (excludes halogenated alkanes) is 1. The quantitative estimate of drug-likeness (QED) is 0.352. The number of thioether (sulfide) groups is 1. The van der Waals surface area contributed by atoms with E-state index in [2.05, 4.69) is 46.6 Å². The Morgan fingerprint density at radius 3 is 2.48 bits per heavy atom. The van der Waals surface area contributed by atoms with Crippen molar-refractivity contribution in [1.82, 2.24) is 19.8 Å². The maximum atomic E-state index is 12.5. The second kappa shape index (κ2) is 10.5. The van der Waals surface area contributed by atoms with Crippen molar-refractivity contribution in [2.45, 2.75) is 44.7 Å². The van der Waals surface area contributed by atoms with E-state index in [1.165, 1.54) is 27.4 Å². The van der Waals surface area contributed by atoms with E-state index in [9.17, 15) is 9.59 Å². The molecule has 0 bridgehead atoms. The number of aryl methyl sites for hydroxylation is 2. The van der Waals surface area contributed by atoms with Gasteiger partial charge in [-0.25, -0.2) is 9.61 Å². The fourth-order valence-corrected chi connectivity index (χ4v) is 4.20. The smallest absolute Gasteiger partial charge is 0.290 e. The van der Waals surface area contributed by atoms with Gasteiger partial charge in [0.05, 0.1) is 11.4 Å². The summed E-state index contributed by atoms with van der Waals surface area (Å²) in [6.45, 7) is 4.28. The molecule has 0 aliphatic carbocycles. The Morgan fingerprint density at radius 1 is 1.06 bits per heavy atom. The van der Waals surface area contributed by atoms with Crippen LogP contribution in [0, 0.1) is 0 Å². The summed E-state index contributed by atoms with van der Waals surface area (Å²) in [7, 11) is 0. The fourth-order valence-electron chi connectivity index (χ4n) is 3.50. The van der Waals surface area contributed by atoms with E-state index < -0.39 is 0 Å². The molecule has 1 amide bonds. The SMILES string of the molecule is CCCCc1ccc(NC(=O)CSc2n[nH]c(=O)c3cc(-c4ccc(CC)cc4)nn23)cc1. The number of amides is 1. The number of aromatic amines is 1. The van der Waals surface area contributed by atoms with Crippen molar-refractivity contribution in [2.75, 3.05) is 11.1 Å². The van der Waals surface area contributed by atoms with Gasteiger partial charge in [0.1, 0.15) is 5.52 Å². The fraction of sp³-hybridized carbons (Fsp3) is 0.280. The Hall–Kier alpha value is -3.39. The number of anilines is 1. The van der Waals surface area contributed by atoms with Crippen LogP contribution < -0.4 is 10.9 Å². The maximum Gasteiger partial charge on any atom is 0.290 e.